The van der Waals surface area contributed by atoms with Crippen LogP contribution < -0.4 is 20.2 Å². The Morgan fingerprint density at radius 3 is 2.59 bits per heavy atom. The molecule has 0 fully saturated rings. The number of nitrogens with one attached hydrogen (secondary N) is 2. The lowest BCUT2D eigenvalue weighted by atomic mass is 10.2. The molecule has 6 heteroatoms. The van der Waals surface area contributed by atoms with Crippen LogP contribution in [0.15, 0.2) is 23.3 Å². The van der Waals surface area contributed by atoms with Gasteiger partial charge in [0, 0.05) is 7.05 Å². The SMILES string of the molecule is CNC(=S)N/N=C\c1ccc(OC)c(OC)c1. The summed E-state index contributed by atoms with van der Waals surface area (Å²) < 4.78 is 10.3. The van der Waals surface area contributed by atoms with Crippen molar-refractivity contribution in [1.29, 1.82) is 0 Å². The Morgan fingerprint density at radius 2 is 2.00 bits per heavy atom. The molecule has 0 saturated carbocycles. The number of ether oxygens (including phenoxy) is 2. The van der Waals surface area contributed by atoms with Gasteiger partial charge < -0.3 is 14.8 Å². The number of nitrogens with zero attached hydrogens (tertiary/aromatic N) is 1. The molecule has 0 heterocycles. The van der Waals surface area contributed by atoms with Gasteiger partial charge in [0.05, 0.1) is 20.4 Å². The normalized spacial score (nSPS) is 10.1. The summed E-state index contributed by atoms with van der Waals surface area (Å²) in [5, 5.41) is 7.18. The molecule has 0 atom stereocenters. The highest BCUT2D eigenvalue weighted by molar-refractivity contribution is 7.80. The molecule has 0 saturated heterocycles. The molecule has 0 aromatic heterocycles. The van der Waals surface area contributed by atoms with E-state index in [2.05, 4.69) is 15.8 Å². The molecule has 0 aliphatic heterocycles. The average Bonchev–Trinajstić information content (AvgIpc) is 2.38. The van der Waals surface area contributed by atoms with Crippen LogP contribution >= 0.6 is 12.2 Å². The van der Waals surface area contributed by atoms with Crippen LogP contribution in [0.5, 0.6) is 11.5 Å². The third-order valence-corrected chi connectivity index (χ3v) is 2.31. The molecule has 0 radical (unpaired) electrons. The van der Waals surface area contributed by atoms with Gasteiger partial charge in [0.1, 0.15) is 0 Å². The van der Waals surface area contributed by atoms with E-state index in [4.69, 9.17) is 21.7 Å². The lowest BCUT2D eigenvalue weighted by molar-refractivity contribution is 0.355. The van der Waals surface area contributed by atoms with Gasteiger partial charge in [-0.2, -0.15) is 5.10 Å². The van der Waals surface area contributed by atoms with Crippen molar-refractivity contribution in [2.24, 2.45) is 5.10 Å². The van der Waals surface area contributed by atoms with E-state index in [1.165, 1.54) is 0 Å². The van der Waals surface area contributed by atoms with E-state index in [-0.39, 0.29) is 0 Å². The van der Waals surface area contributed by atoms with Crippen LogP contribution in [-0.2, 0) is 0 Å². The van der Waals surface area contributed by atoms with Crippen LogP contribution in [0.4, 0.5) is 0 Å². The van der Waals surface area contributed by atoms with E-state index >= 15 is 0 Å². The highest BCUT2D eigenvalue weighted by Crippen LogP contribution is 2.26. The highest BCUT2D eigenvalue weighted by Gasteiger charge is 2.02. The summed E-state index contributed by atoms with van der Waals surface area (Å²) >= 11 is 4.88. The fraction of sp³-hybridized carbons (Fsp3) is 0.273. The standard InChI is InChI=1S/C11H15N3O2S/c1-12-11(17)14-13-7-8-4-5-9(15-2)10(6-8)16-3/h4-7H,1-3H3,(H2,12,14,17)/b13-7-. The van der Waals surface area contributed by atoms with Crippen molar-refractivity contribution in [3.8, 4) is 11.5 Å². The topological polar surface area (TPSA) is 54.9 Å². The van der Waals surface area contributed by atoms with E-state index in [0.29, 0.717) is 16.6 Å². The molecule has 2 N–H and O–H groups in total. The van der Waals surface area contributed by atoms with Gasteiger partial charge in [-0.1, -0.05) is 0 Å². The first-order valence-corrected chi connectivity index (χ1v) is 5.35. The Bertz CT molecular complexity index is 421. The molecule has 1 aromatic rings. The van der Waals surface area contributed by atoms with Crippen LogP contribution in [0.1, 0.15) is 5.56 Å². The lowest BCUT2D eigenvalue weighted by Crippen LogP contribution is -2.28. The first-order valence-electron chi connectivity index (χ1n) is 4.94. The Labute approximate surface area is 106 Å². The number of benzene rings is 1. The van der Waals surface area contributed by atoms with Gasteiger partial charge >= 0.3 is 0 Å². The van der Waals surface area contributed by atoms with Crippen molar-refractivity contribution in [2.45, 2.75) is 0 Å². The Kier molecular flexibility index (Phi) is 5.22. The van der Waals surface area contributed by atoms with Crippen molar-refractivity contribution in [3.63, 3.8) is 0 Å². The number of thiocarbonyl (C=S) groups is 1. The molecule has 17 heavy (non-hydrogen) atoms. The van der Waals surface area contributed by atoms with E-state index in [1.807, 2.05) is 18.2 Å². The quantitative estimate of drug-likeness (QED) is 0.478. The minimum atomic E-state index is 0.460. The predicted octanol–water partition coefficient (Wildman–Crippen LogP) is 1.13. The monoisotopic (exact) mass is 253 g/mol. The molecule has 0 unspecified atom stereocenters. The molecule has 0 aliphatic rings. The van der Waals surface area contributed by atoms with Crippen LogP contribution in [0.2, 0.25) is 0 Å². The van der Waals surface area contributed by atoms with Gasteiger partial charge in [0.2, 0.25) is 0 Å². The van der Waals surface area contributed by atoms with Crippen molar-refractivity contribution in [1.82, 2.24) is 10.7 Å². The van der Waals surface area contributed by atoms with Crippen molar-refractivity contribution in [3.05, 3.63) is 23.8 Å². The van der Waals surface area contributed by atoms with Crippen LogP contribution in [0, 0.1) is 0 Å². The summed E-state index contributed by atoms with van der Waals surface area (Å²) in [6.45, 7) is 0. The van der Waals surface area contributed by atoms with Gasteiger partial charge in [-0.3, -0.25) is 5.43 Å². The third kappa shape index (κ3) is 3.92. The summed E-state index contributed by atoms with van der Waals surface area (Å²) in [4.78, 5) is 0. The molecule has 0 aliphatic carbocycles. The number of rotatable bonds is 4. The minimum Gasteiger partial charge on any atom is -0.493 e. The second kappa shape index (κ2) is 6.70. The van der Waals surface area contributed by atoms with Gasteiger partial charge in [-0.05, 0) is 36.0 Å². The van der Waals surface area contributed by atoms with Crippen molar-refractivity contribution >= 4 is 23.5 Å². The third-order valence-electron chi connectivity index (χ3n) is 2.01. The van der Waals surface area contributed by atoms with E-state index < -0.39 is 0 Å². The van der Waals surface area contributed by atoms with Gasteiger partial charge in [0.15, 0.2) is 16.6 Å². The summed E-state index contributed by atoms with van der Waals surface area (Å²) in [5.41, 5.74) is 3.55. The Balaban J connectivity index is 2.75. The van der Waals surface area contributed by atoms with Crippen LogP contribution in [-0.4, -0.2) is 32.6 Å². The Morgan fingerprint density at radius 1 is 1.29 bits per heavy atom. The Hall–Kier alpha value is -1.82. The maximum atomic E-state index is 5.18. The number of hydrogen-bond acceptors (Lipinski definition) is 4. The zero-order valence-electron chi connectivity index (χ0n) is 9.98. The summed E-state index contributed by atoms with van der Waals surface area (Å²) in [6.07, 6.45) is 1.64. The zero-order chi connectivity index (χ0) is 12.7. The second-order valence-electron chi connectivity index (χ2n) is 3.06. The highest BCUT2D eigenvalue weighted by atomic mass is 32.1. The molecule has 0 amide bonds. The second-order valence-corrected chi connectivity index (χ2v) is 3.47. The molecule has 0 spiro atoms. The molecule has 5 nitrogen and oxygen atoms in total. The molecule has 1 rings (SSSR count). The van der Waals surface area contributed by atoms with Gasteiger partial charge in [0.25, 0.3) is 0 Å². The first kappa shape index (κ1) is 13.2. The van der Waals surface area contributed by atoms with E-state index in [0.717, 1.165) is 5.56 Å². The zero-order valence-corrected chi connectivity index (χ0v) is 10.8. The summed E-state index contributed by atoms with van der Waals surface area (Å²) in [5.74, 6) is 1.34. The van der Waals surface area contributed by atoms with Gasteiger partial charge in [-0.25, -0.2) is 0 Å². The summed E-state index contributed by atoms with van der Waals surface area (Å²) in [6, 6.07) is 5.51. The molecular weight excluding hydrogens is 238 g/mol. The summed E-state index contributed by atoms with van der Waals surface area (Å²) in [7, 11) is 4.91. The number of hydrazone groups is 1. The largest absolute Gasteiger partial charge is 0.493 e. The maximum absolute atomic E-state index is 5.18. The molecule has 0 bridgehead atoms. The van der Waals surface area contributed by atoms with Crippen molar-refractivity contribution in [2.75, 3.05) is 21.3 Å². The maximum Gasteiger partial charge on any atom is 0.186 e. The predicted molar refractivity (Wildman–Crippen MR) is 71.9 cm³/mol. The van der Waals surface area contributed by atoms with E-state index in [9.17, 15) is 0 Å². The van der Waals surface area contributed by atoms with Crippen LogP contribution in [0.25, 0.3) is 0 Å². The smallest absolute Gasteiger partial charge is 0.186 e. The fourth-order valence-corrected chi connectivity index (χ4v) is 1.21. The molecule has 92 valence electrons. The first-order chi connectivity index (χ1) is 8.21. The lowest BCUT2D eigenvalue weighted by Gasteiger charge is -2.07. The van der Waals surface area contributed by atoms with Crippen molar-refractivity contribution < 1.29 is 9.47 Å². The van der Waals surface area contributed by atoms with Crippen LogP contribution in [0.3, 0.4) is 0 Å². The number of hydrogen-bond donors (Lipinski definition) is 2. The molecule has 1 aromatic carbocycles. The fourth-order valence-electron chi connectivity index (χ4n) is 1.15. The number of methoxy groups -OCH3 is 2. The minimum absolute atomic E-state index is 0.460. The average molecular weight is 253 g/mol. The van der Waals surface area contributed by atoms with E-state index in [1.54, 1.807) is 27.5 Å². The molecular formula is C11H15N3O2S. The van der Waals surface area contributed by atoms with Gasteiger partial charge in [-0.15, -0.1) is 0 Å².